The minimum Gasteiger partial charge on any atom is -0.483 e. The molecule has 264 valence electrons. The van der Waals surface area contributed by atoms with Gasteiger partial charge in [-0.05, 0) is 81.9 Å². The maximum atomic E-state index is 13.6. The minimum atomic E-state index is -1.02. The molecule has 14 heteroatoms. The number of likely N-dealkylation sites (tertiary alicyclic amines) is 1. The number of piperazine rings is 1. The van der Waals surface area contributed by atoms with Gasteiger partial charge in [0, 0.05) is 56.8 Å². The molecule has 2 atom stereocenters. The molecule has 2 saturated carbocycles. The number of aryl methyl sites for hydroxylation is 1. The Kier molecular flexibility index (Phi) is 10.8. The molecule has 5 amide bonds. The first-order chi connectivity index (χ1) is 23.7. The van der Waals surface area contributed by atoms with E-state index in [0.29, 0.717) is 49.5 Å². The molecule has 0 spiro atoms. The first-order valence-electron chi connectivity index (χ1n) is 17.5. The van der Waals surface area contributed by atoms with Gasteiger partial charge in [-0.25, -0.2) is 9.78 Å². The highest BCUT2D eigenvalue weighted by Crippen LogP contribution is 2.29. The number of ether oxygens (including phenoxy) is 2. The van der Waals surface area contributed by atoms with Crippen molar-refractivity contribution >= 4 is 40.6 Å². The summed E-state index contributed by atoms with van der Waals surface area (Å²) in [6.45, 7) is 3.29. The van der Waals surface area contributed by atoms with Crippen molar-refractivity contribution in [2.45, 2.75) is 76.4 Å². The smallest absolute Gasteiger partial charge is 0.409 e. The zero-order valence-electron chi connectivity index (χ0n) is 28.0. The van der Waals surface area contributed by atoms with Crippen molar-refractivity contribution in [3.8, 4) is 5.75 Å². The molecule has 4 fully saturated rings. The molecule has 0 radical (unpaired) electrons. The number of fused-ring (bicyclic) bond motifs is 1. The zero-order chi connectivity index (χ0) is 34.5. The van der Waals surface area contributed by atoms with Gasteiger partial charge in [-0.2, -0.15) is 0 Å². The van der Waals surface area contributed by atoms with E-state index < -0.39 is 18.0 Å². The third-order valence-corrected chi connectivity index (χ3v) is 9.85. The van der Waals surface area contributed by atoms with Gasteiger partial charge in [0.2, 0.25) is 11.8 Å². The van der Waals surface area contributed by atoms with Crippen LogP contribution in [0.5, 0.6) is 5.75 Å². The van der Waals surface area contributed by atoms with Gasteiger partial charge in [0.25, 0.3) is 11.8 Å². The monoisotopic (exact) mass is 678 g/mol. The lowest BCUT2D eigenvalue weighted by Crippen LogP contribution is -2.56. The molecule has 3 N–H and O–H groups in total. The number of rotatable bonds is 12. The van der Waals surface area contributed by atoms with Crippen LogP contribution in [0, 0.1) is 12.8 Å². The van der Waals surface area contributed by atoms with Crippen LogP contribution in [0.15, 0.2) is 24.3 Å². The standard InChI is InChI=1S/C35H46N6O8/c1-22-7-10-25-27(18-22)37-28(19-30(25)48-21-31(43)41-12-3-6-29(41)33(45)36-24-4-2-5-24)32(44)38-26(11-17-42)34(46)39-13-15-40(16-14-39)35(47)49-20-23-8-9-23/h7,10,18-19,23-24,26,29,42H,2-6,8-9,11-17,20-21H2,1H3,(H,36,45)(H,38,44). The van der Waals surface area contributed by atoms with Gasteiger partial charge >= 0.3 is 6.09 Å². The van der Waals surface area contributed by atoms with Crippen molar-refractivity contribution in [3.63, 3.8) is 0 Å². The fourth-order valence-corrected chi connectivity index (χ4v) is 6.47. The number of hydrogen-bond acceptors (Lipinski definition) is 9. The molecule has 4 aliphatic rings. The van der Waals surface area contributed by atoms with Crippen LogP contribution in [0.25, 0.3) is 10.9 Å². The molecule has 1 aromatic carbocycles. The SMILES string of the molecule is Cc1ccc2c(OCC(=O)N3CCCC3C(=O)NC3CCC3)cc(C(=O)NC(CCO)C(=O)N3CCN(C(=O)OCC4CC4)CC3)nc2c1. The van der Waals surface area contributed by atoms with Gasteiger partial charge in [0.1, 0.15) is 23.5 Å². The van der Waals surface area contributed by atoms with Crippen molar-refractivity contribution in [1.29, 1.82) is 0 Å². The molecule has 2 unspecified atom stereocenters. The van der Waals surface area contributed by atoms with Crippen LogP contribution in [-0.4, -0.2) is 125 Å². The number of nitrogens with zero attached hydrogens (tertiary/aromatic N) is 4. The number of aliphatic hydroxyl groups is 1. The summed E-state index contributed by atoms with van der Waals surface area (Å²) in [7, 11) is 0. The number of aliphatic hydroxyl groups excluding tert-OH is 1. The second-order valence-electron chi connectivity index (χ2n) is 13.6. The number of pyridine rings is 1. The lowest BCUT2D eigenvalue weighted by molar-refractivity contribution is -0.140. The van der Waals surface area contributed by atoms with Crippen molar-refractivity contribution in [2.75, 3.05) is 52.5 Å². The molecule has 0 bridgehead atoms. The molecule has 2 aromatic rings. The Morgan fingerprint density at radius 2 is 1.71 bits per heavy atom. The van der Waals surface area contributed by atoms with E-state index in [9.17, 15) is 29.1 Å². The highest BCUT2D eigenvalue weighted by molar-refractivity contribution is 5.99. The first-order valence-corrected chi connectivity index (χ1v) is 17.5. The Bertz CT molecular complexity index is 1570. The van der Waals surface area contributed by atoms with Crippen LogP contribution in [0.2, 0.25) is 0 Å². The van der Waals surface area contributed by atoms with Crippen molar-refractivity contribution < 1.29 is 38.6 Å². The van der Waals surface area contributed by atoms with Gasteiger partial charge in [-0.15, -0.1) is 0 Å². The van der Waals surface area contributed by atoms with Crippen LogP contribution in [-0.2, 0) is 19.1 Å². The van der Waals surface area contributed by atoms with Crippen molar-refractivity contribution in [3.05, 3.63) is 35.5 Å². The van der Waals surface area contributed by atoms with Gasteiger partial charge in [0.05, 0.1) is 12.1 Å². The number of hydrogen-bond donors (Lipinski definition) is 3. The lowest BCUT2D eigenvalue weighted by Gasteiger charge is -2.36. The Hall–Kier alpha value is -4.46. The first kappa shape index (κ1) is 34.4. The molecular formula is C35H46N6O8. The predicted molar refractivity (Wildman–Crippen MR) is 178 cm³/mol. The summed E-state index contributed by atoms with van der Waals surface area (Å²) >= 11 is 0. The van der Waals surface area contributed by atoms with E-state index in [4.69, 9.17) is 9.47 Å². The Labute approximate surface area is 285 Å². The van der Waals surface area contributed by atoms with Crippen LogP contribution in [0.1, 0.15) is 67.4 Å². The second-order valence-corrected chi connectivity index (χ2v) is 13.6. The van der Waals surface area contributed by atoms with Crippen LogP contribution in [0.4, 0.5) is 4.79 Å². The molecule has 1 aromatic heterocycles. The third-order valence-electron chi connectivity index (χ3n) is 9.85. The number of nitrogens with one attached hydrogen (secondary N) is 2. The summed E-state index contributed by atoms with van der Waals surface area (Å²) in [5.74, 6) is -0.722. The fourth-order valence-electron chi connectivity index (χ4n) is 6.47. The maximum absolute atomic E-state index is 13.6. The summed E-state index contributed by atoms with van der Waals surface area (Å²) < 4.78 is 11.4. The van der Waals surface area contributed by atoms with Gasteiger partial charge < -0.3 is 39.9 Å². The summed E-state index contributed by atoms with van der Waals surface area (Å²) in [4.78, 5) is 74.9. The zero-order valence-corrected chi connectivity index (χ0v) is 28.0. The summed E-state index contributed by atoms with van der Waals surface area (Å²) in [6.07, 6.45) is 6.12. The van der Waals surface area contributed by atoms with Crippen LogP contribution < -0.4 is 15.4 Å². The summed E-state index contributed by atoms with van der Waals surface area (Å²) in [5.41, 5.74) is 1.36. The van der Waals surface area contributed by atoms with Gasteiger partial charge in [-0.1, -0.05) is 6.07 Å². The summed E-state index contributed by atoms with van der Waals surface area (Å²) in [5, 5.41) is 16.1. The van der Waals surface area contributed by atoms with E-state index in [-0.39, 0.29) is 74.0 Å². The molecule has 6 rings (SSSR count). The maximum Gasteiger partial charge on any atom is 0.409 e. The number of carbonyl (C=O) groups is 5. The van der Waals surface area contributed by atoms with E-state index in [0.717, 1.165) is 44.1 Å². The average Bonchev–Trinajstić information content (AvgIpc) is 3.79. The largest absolute Gasteiger partial charge is 0.483 e. The summed E-state index contributed by atoms with van der Waals surface area (Å²) in [6, 6.07) is 5.56. The van der Waals surface area contributed by atoms with Gasteiger partial charge in [-0.3, -0.25) is 19.2 Å². The van der Waals surface area contributed by atoms with Crippen LogP contribution in [0.3, 0.4) is 0 Å². The van der Waals surface area contributed by atoms with Crippen molar-refractivity contribution in [1.82, 2.24) is 30.3 Å². The van der Waals surface area contributed by atoms with Gasteiger partial charge in [0.15, 0.2) is 6.61 Å². The highest BCUT2D eigenvalue weighted by Gasteiger charge is 2.36. The van der Waals surface area contributed by atoms with E-state index in [1.807, 2.05) is 19.1 Å². The Balaban J connectivity index is 1.10. The van der Waals surface area contributed by atoms with E-state index in [1.54, 1.807) is 20.8 Å². The molecule has 2 aliphatic heterocycles. The number of aromatic nitrogens is 1. The van der Waals surface area contributed by atoms with Crippen molar-refractivity contribution in [2.24, 2.45) is 5.92 Å². The molecule has 2 aliphatic carbocycles. The fraction of sp³-hybridized carbons (Fsp3) is 0.600. The molecule has 49 heavy (non-hydrogen) atoms. The normalized spacial score (nSPS) is 20.0. The lowest BCUT2D eigenvalue weighted by atomic mass is 9.93. The molecule has 2 saturated heterocycles. The molecular weight excluding hydrogens is 632 g/mol. The predicted octanol–water partition coefficient (Wildman–Crippen LogP) is 1.75. The topological polar surface area (TPSA) is 171 Å². The number of benzene rings is 1. The number of carbonyl (C=O) groups excluding carboxylic acids is 5. The second kappa shape index (κ2) is 15.4. The molecule has 3 heterocycles. The average molecular weight is 679 g/mol. The quantitative estimate of drug-likeness (QED) is 0.303. The Morgan fingerprint density at radius 1 is 0.959 bits per heavy atom. The molecule has 14 nitrogen and oxygen atoms in total. The third kappa shape index (κ3) is 8.41. The number of amides is 5. The van der Waals surface area contributed by atoms with E-state index in [2.05, 4.69) is 15.6 Å². The van der Waals surface area contributed by atoms with E-state index in [1.165, 1.54) is 6.07 Å². The van der Waals surface area contributed by atoms with Crippen LogP contribution >= 0.6 is 0 Å². The highest BCUT2D eigenvalue weighted by atomic mass is 16.6. The van der Waals surface area contributed by atoms with E-state index >= 15 is 0 Å². The minimum absolute atomic E-state index is 0.00983. The Morgan fingerprint density at radius 3 is 2.41 bits per heavy atom.